The molecular weight excluding hydrogens is 310 g/mol. The number of aromatic nitrogens is 2. The van der Waals surface area contributed by atoms with Gasteiger partial charge in [-0.2, -0.15) is 16.7 Å². The molecule has 1 saturated heterocycles. The zero-order chi connectivity index (χ0) is 16.2. The van der Waals surface area contributed by atoms with Gasteiger partial charge < -0.3 is 9.42 Å². The van der Waals surface area contributed by atoms with Crippen LogP contribution in [0.3, 0.4) is 0 Å². The van der Waals surface area contributed by atoms with Crippen LogP contribution in [0.1, 0.15) is 48.2 Å². The first-order valence-electron chi connectivity index (χ1n) is 7.89. The summed E-state index contributed by atoms with van der Waals surface area (Å²) in [7, 11) is 0. The molecule has 0 N–H and O–H groups in total. The van der Waals surface area contributed by atoms with Crippen molar-refractivity contribution in [3.63, 3.8) is 0 Å². The predicted octanol–water partition coefficient (Wildman–Crippen LogP) is 3.40. The quantitative estimate of drug-likeness (QED) is 0.812. The Kier molecular flexibility index (Phi) is 5.00. The third-order valence-electron chi connectivity index (χ3n) is 4.18. The summed E-state index contributed by atoms with van der Waals surface area (Å²) in [6.45, 7) is 3.40. The smallest absolute Gasteiger partial charge is 0.239 e. The van der Waals surface area contributed by atoms with Gasteiger partial charge in [0.2, 0.25) is 11.8 Å². The summed E-state index contributed by atoms with van der Waals surface area (Å²) in [6, 6.07) is 10.0. The highest BCUT2D eigenvalue weighted by Crippen LogP contribution is 2.32. The molecule has 0 bridgehead atoms. The molecule has 1 aromatic carbocycles. The second kappa shape index (κ2) is 7.17. The van der Waals surface area contributed by atoms with Crippen LogP contribution in [-0.2, 0) is 11.3 Å². The molecule has 2 unspecified atom stereocenters. The van der Waals surface area contributed by atoms with Gasteiger partial charge in [0, 0.05) is 25.4 Å². The average molecular weight is 331 g/mol. The minimum Gasteiger partial charge on any atom is -0.338 e. The molecule has 5 nitrogen and oxygen atoms in total. The maximum absolute atomic E-state index is 12.3. The van der Waals surface area contributed by atoms with Crippen molar-refractivity contribution in [1.29, 1.82) is 0 Å². The maximum Gasteiger partial charge on any atom is 0.239 e. The first kappa shape index (κ1) is 16.1. The molecular formula is C17H21N3O2S. The summed E-state index contributed by atoms with van der Waals surface area (Å²) >= 11 is 1.71. The monoisotopic (exact) mass is 331 g/mol. The molecule has 2 heterocycles. The van der Waals surface area contributed by atoms with Crippen LogP contribution >= 0.6 is 11.8 Å². The molecule has 3 rings (SSSR count). The summed E-state index contributed by atoms with van der Waals surface area (Å²) in [4.78, 5) is 18.7. The molecule has 1 fully saturated rings. The van der Waals surface area contributed by atoms with Crippen LogP contribution in [0.5, 0.6) is 0 Å². The third kappa shape index (κ3) is 3.58. The molecule has 0 aliphatic carbocycles. The number of amides is 1. The molecule has 0 saturated carbocycles. The van der Waals surface area contributed by atoms with E-state index in [0.717, 1.165) is 12.0 Å². The van der Waals surface area contributed by atoms with Gasteiger partial charge in [0.25, 0.3) is 0 Å². The third-order valence-corrected chi connectivity index (χ3v) is 5.29. The molecule has 0 spiro atoms. The number of benzene rings is 1. The molecule has 2 atom stereocenters. The summed E-state index contributed by atoms with van der Waals surface area (Å²) < 4.78 is 5.40. The van der Waals surface area contributed by atoms with E-state index in [1.165, 1.54) is 0 Å². The number of carbonyl (C=O) groups excluding carboxylic acids is 1. The highest BCUT2D eigenvalue weighted by Gasteiger charge is 2.34. The zero-order valence-corrected chi connectivity index (χ0v) is 14.3. The van der Waals surface area contributed by atoms with Gasteiger partial charge in [-0.25, -0.2) is 0 Å². The van der Waals surface area contributed by atoms with E-state index < -0.39 is 0 Å². The van der Waals surface area contributed by atoms with E-state index in [0.29, 0.717) is 31.2 Å². The highest BCUT2D eigenvalue weighted by molar-refractivity contribution is 7.98. The van der Waals surface area contributed by atoms with E-state index in [-0.39, 0.29) is 17.1 Å². The van der Waals surface area contributed by atoms with Crippen molar-refractivity contribution in [2.75, 3.05) is 12.8 Å². The zero-order valence-electron chi connectivity index (χ0n) is 13.4. The minimum absolute atomic E-state index is 0.0306. The Bertz CT molecular complexity index is 655. The largest absolute Gasteiger partial charge is 0.338 e. The number of carbonyl (C=O) groups is 1. The van der Waals surface area contributed by atoms with E-state index in [1.807, 2.05) is 41.5 Å². The lowest BCUT2D eigenvalue weighted by Crippen LogP contribution is -2.24. The molecule has 23 heavy (non-hydrogen) atoms. The van der Waals surface area contributed by atoms with E-state index in [4.69, 9.17) is 4.52 Å². The van der Waals surface area contributed by atoms with Gasteiger partial charge in [-0.05, 0) is 18.2 Å². The fourth-order valence-corrected chi connectivity index (χ4v) is 3.52. The van der Waals surface area contributed by atoms with Crippen molar-refractivity contribution >= 4 is 17.7 Å². The Labute approximate surface area is 140 Å². The fourth-order valence-electron chi connectivity index (χ4n) is 2.89. The van der Waals surface area contributed by atoms with Crippen LogP contribution in [0.2, 0.25) is 0 Å². The first-order valence-corrected chi connectivity index (χ1v) is 9.18. The number of rotatable bonds is 6. The van der Waals surface area contributed by atoms with Gasteiger partial charge in [-0.15, -0.1) is 0 Å². The van der Waals surface area contributed by atoms with Gasteiger partial charge in [0.15, 0.2) is 5.82 Å². The van der Waals surface area contributed by atoms with Crippen molar-refractivity contribution in [1.82, 2.24) is 15.0 Å². The molecule has 1 aliphatic rings. The SMILES string of the molecule is CCC(SC)c1nc(C2CC(=O)N(Cc3ccccc3)C2)no1. The van der Waals surface area contributed by atoms with Gasteiger partial charge in [0.05, 0.1) is 5.25 Å². The number of likely N-dealkylation sites (tertiary alicyclic amines) is 1. The van der Waals surface area contributed by atoms with Crippen LogP contribution in [0.25, 0.3) is 0 Å². The van der Waals surface area contributed by atoms with Crippen LogP contribution in [-0.4, -0.2) is 33.7 Å². The second-order valence-corrected chi connectivity index (χ2v) is 6.82. The summed E-state index contributed by atoms with van der Waals surface area (Å²) in [5, 5.41) is 4.34. The molecule has 1 aliphatic heterocycles. The van der Waals surface area contributed by atoms with Gasteiger partial charge in [0.1, 0.15) is 0 Å². The molecule has 1 aromatic heterocycles. The van der Waals surface area contributed by atoms with E-state index in [1.54, 1.807) is 11.8 Å². The highest BCUT2D eigenvalue weighted by atomic mass is 32.2. The standard InChI is InChI=1S/C17H21N3O2S/c1-3-14(23-2)17-18-16(19-22-17)13-9-15(21)20(11-13)10-12-7-5-4-6-8-12/h4-8,13-14H,3,9-11H2,1-2H3. The Balaban J connectivity index is 1.68. The number of hydrogen-bond acceptors (Lipinski definition) is 5. The van der Waals surface area contributed by atoms with E-state index in [2.05, 4.69) is 17.1 Å². The molecule has 1 amide bonds. The Hall–Kier alpha value is -1.82. The minimum atomic E-state index is 0.0306. The lowest BCUT2D eigenvalue weighted by atomic mass is 10.1. The van der Waals surface area contributed by atoms with Crippen molar-refractivity contribution in [2.45, 2.75) is 37.5 Å². The van der Waals surface area contributed by atoms with E-state index >= 15 is 0 Å². The van der Waals surface area contributed by atoms with Crippen LogP contribution in [0, 0.1) is 0 Å². The topological polar surface area (TPSA) is 59.2 Å². The molecule has 2 aromatic rings. The van der Waals surface area contributed by atoms with Gasteiger partial charge >= 0.3 is 0 Å². The average Bonchev–Trinajstić information content (AvgIpc) is 3.18. The van der Waals surface area contributed by atoms with Gasteiger partial charge in [-0.1, -0.05) is 42.4 Å². The lowest BCUT2D eigenvalue weighted by molar-refractivity contribution is -0.128. The number of thioether (sulfide) groups is 1. The lowest BCUT2D eigenvalue weighted by Gasteiger charge is -2.15. The van der Waals surface area contributed by atoms with Crippen LogP contribution < -0.4 is 0 Å². The molecule has 122 valence electrons. The van der Waals surface area contributed by atoms with Crippen LogP contribution in [0.15, 0.2) is 34.9 Å². The summed E-state index contributed by atoms with van der Waals surface area (Å²) in [6.07, 6.45) is 3.45. The Morgan fingerprint density at radius 2 is 2.17 bits per heavy atom. The predicted molar refractivity (Wildman–Crippen MR) is 90.1 cm³/mol. The summed E-state index contributed by atoms with van der Waals surface area (Å²) in [5.74, 6) is 1.52. The Morgan fingerprint density at radius 3 is 2.87 bits per heavy atom. The van der Waals surface area contributed by atoms with Crippen molar-refractivity contribution in [2.24, 2.45) is 0 Å². The van der Waals surface area contributed by atoms with Crippen molar-refractivity contribution in [3.8, 4) is 0 Å². The van der Waals surface area contributed by atoms with Crippen molar-refractivity contribution in [3.05, 3.63) is 47.6 Å². The Morgan fingerprint density at radius 1 is 1.39 bits per heavy atom. The number of hydrogen-bond donors (Lipinski definition) is 0. The first-order chi connectivity index (χ1) is 11.2. The number of nitrogens with zero attached hydrogens (tertiary/aromatic N) is 3. The van der Waals surface area contributed by atoms with Gasteiger partial charge in [-0.3, -0.25) is 4.79 Å². The summed E-state index contributed by atoms with van der Waals surface area (Å²) in [5.41, 5.74) is 1.14. The molecule has 0 radical (unpaired) electrons. The maximum atomic E-state index is 12.3. The van der Waals surface area contributed by atoms with E-state index in [9.17, 15) is 4.79 Å². The van der Waals surface area contributed by atoms with Crippen LogP contribution in [0.4, 0.5) is 0 Å². The normalized spacial score (nSPS) is 19.3. The molecule has 6 heteroatoms. The fraction of sp³-hybridized carbons (Fsp3) is 0.471. The van der Waals surface area contributed by atoms with Crippen molar-refractivity contribution < 1.29 is 9.32 Å². The second-order valence-electron chi connectivity index (χ2n) is 5.78.